The fraction of sp³-hybridized carbons (Fsp3) is 0.375. The minimum absolute atomic E-state index is 0.0401. The molecule has 1 unspecified atom stereocenters. The van der Waals surface area contributed by atoms with Gasteiger partial charge in [0.25, 0.3) is 5.91 Å². The highest BCUT2D eigenvalue weighted by Gasteiger charge is 2.47. The zero-order chi connectivity index (χ0) is 17.5. The van der Waals surface area contributed by atoms with Crippen molar-refractivity contribution in [1.29, 1.82) is 0 Å². The molecular formula is C16H17FN4O3. The Morgan fingerprint density at radius 1 is 1.33 bits per heavy atom. The topological polar surface area (TPSA) is 88.3 Å². The number of halogens is 1. The molecule has 3 rings (SSSR count). The monoisotopic (exact) mass is 332 g/mol. The van der Waals surface area contributed by atoms with Gasteiger partial charge in [-0.15, -0.1) is 5.10 Å². The molecule has 1 aliphatic rings. The Balaban J connectivity index is 1.86. The Bertz CT molecular complexity index is 819. The van der Waals surface area contributed by atoms with Gasteiger partial charge in [0.05, 0.1) is 17.9 Å². The van der Waals surface area contributed by atoms with Crippen molar-refractivity contribution in [2.24, 2.45) is 0 Å². The number of amides is 1. The van der Waals surface area contributed by atoms with Crippen LogP contribution in [0.1, 0.15) is 28.2 Å². The summed E-state index contributed by atoms with van der Waals surface area (Å²) in [7, 11) is 0. The SMILES string of the molecule is Cc1cccc(-n2nnc(C(=O)N3CCC(F)(C(=O)O)C3)c2C)c1. The summed E-state index contributed by atoms with van der Waals surface area (Å²) in [6.07, 6.45) is -0.223. The number of alkyl halides is 1. The summed E-state index contributed by atoms with van der Waals surface area (Å²) < 4.78 is 15.7. The molecule has 24 heavy (non-hydrogen) atoms. The molecule has 2 heterocycles. The van der Waals surface area contributed by atoms with Crippen molar-refractivity contribution in [2.75, 3.05) is 13.1 Å². The van der Waals surface area contributed by atoms with E-state index in [2.05, 4.69) is 10.3 Å². The molecule has 0 spiro atoms. The average molecular weight is 332 g/mol. The molecule has 0 saturated carbocycles. The van der Waals surface area contributed by atoms with Crippen molar-refractivity contribution in [1.82, 2.24) is 19.9 Å². The number of rotatable bonds is 3. The van der Waals surface area contributed by atoms with Gasteiger partial charge < -0.3 is 10.0 Å². The summed E-state index contributed by atoms with van der Waals surface area (Å²) in [6, 6.07) is 7.56. The van der Waals surface area contributed by atoms with Crippen LogP contribution in [0.3, 0.4) is 0 Å². The first kappa shape index (κ1) is 16.1. The molecular weight excluding hydrogens is 315 g/mol. The molecule has 1 aromatic heterocycles. The quantitative estimate of drug-likeness (QED) is 0.921. The van der Waals surface area contributed by atoms with Crippen LogP contribution in [0.5, 0.6) is 0 Å². The molecule has 1 atom stereocenters. The van der Waals surface area contributed by atoms with Gasteiger partial charge in [0.15, 0.2) is 5.69 Å². The number of hydrogen-bond acceptors (Lipinski definition) is 4. The number of carbonyl (C=O) groups is 2. The Kier molecular flexibility index (Phi) is 3.82. The van der Waals surface area contributed by atoms with Gasteiger partial charge in [0.1, 0.15) is 0 Å². The van der Waals surface area contributed by atoms with E-state index in [1.165, 1.54) is 9.58 Å². The molecule has 1 amide bonds. The maximum absolute atomic E-state index is 14.1. The number of likely N-dealkylation sites (tertiary alicyclic amines) is 1. The normalized spacial score (nSPS) is 20.4. The van der Waals surface area contributed by atoms with Crippen LogP contribution >= 0.6 is 0 Å². The number of carboxylic acid groups (broad SMARTS) is 1. The third kappa shape index (κ3) is 2.64. The van der Waals surface area contributed by atoms with Crippen LogP contribution < -0.4 is 0 Å². The van der Waals surface area contributed by atoms with E-state index in [4.69, 9.17) is 5.11 Å². The van der Waals surface area contributed by atoms with Gasteiger partial charge in [-0.3, -0.25) is 4.79 Å². The maximum Gasteiger partial charge on any atom is 0.343 e. The van der Waals surface area contributed by atoms with Gasteiger partial charge in [-0.1, -0.05) is 17.3 Å². The third-order valence-corrected chi connectivity index (χ3v) is 4.23. The van der Waals surface area contributed by atoms with E-state index in [1.807, 2.05) is 31.2 Å². The van der Waals surface area contributed by atoms with Crippen LogP contribution in [0, 0.1) is 13.8 Å². The van der Waals surface area contributed by atoms with Crippen molar-refractivity contribution >= 4 is 11.9 Å². The lowest BCUT2D eigenvalue weighted by atomic mass is 10.1. The van der Waals surface area contributed by atoms with Crippen LogP contribution in [0.15, 0.2) is 24.3 Å². The molecule has 1 aromatic carbocycles. The Morgan fingerprint density at radius 3 is 2.71 bits per heavy atom. The van der Waals surface area contributed by atoms with Crippen LogP contribution in [0.4, 0.5) is 4.39 Å². The predicted octanol–water partition coefficient (Wildman–Crippen LogP) is 1.52. The summed E-state index contributed by atoms with van der Waals surface area (Å²) in [4.78, 5) is 24.7. The number of aryl methyl sites for hydroxylation is 1. The van der Waals surface area contributed by atoms with Crippen molar-refractivity contribution in [3.8, 4) is 5.69 Å². The minimum Gasteiger partial charge on any atom is -0.479 e. The Morgan fingerprint density at radius 2 is 2.08 bits per heavy atom. The number of carboxylic acids is 1. The first-order valence-corrected chi connectivity index (χ1v) is 7.53. The predicted molar refractivity (Wildman–Crippen MR) is 82.8 cm³/mol. The molecule has 1 N–H and O–H groups in total. The fourth-order valence-electron chi connectivity index (χ4n) is 2.80. The molecule has 0 bridgehead atoms. The van der Waals surface area contributed by atoms with Crippen LogP contribution in [-0.2, 0) is 4.79 Å². The number of nitrogens with zero attached hydrogens (tertiary/aromatic N) is 4. The second-order valence-corrected chi connectivity index (χ2v) is 6.02. The number of carbonyl (C=O) groups excluding carboxylic acids is 1. The Labute approximate surface area is 137 Å². The number of benzene rings is 1. The highest BCUT2D eigenvalue weighted by molar-refractivity contribution is 5.94. The maximum atomic E-state index is 14.1. The number of aromatic nitrogens is 3. The van der Waals surface area contributed by atoms with E-state index in [1.54, 1.807) is 6.92 Å². The second kappa shape index (κ2) is 5.70. The summed E-state index contributed by atoms with van der Waals surface area (Å²) in [5.41, 5.74) is 0.0450. The summed E-state index contributed by atoms with van der Waals surface area (Å²) in [6.45, 7) is 3.21. The van der Waals surface area contributed by atoms with Crippen molar-refractivity contribution in [3.63, 3.8) is 0 Å². The molecule has 0 aliphatic carbocycles. The van der Waals surface area contributed by atoms with E-state index < -0.39 is 24.1 Å². The van der Waals surface area contributed by atoms with Gasteiger partial charge in [-0.2, -0.15) is 0 Å². The van der Waals surface area contributed by atoms with Gasteiger partial charge >= 0.3 is 5.97 Å². The molecule has 1 aliphatic heterocycles. The lowest BCUT2D eigenvalue weighted by Crippen LogP contribution is -2.39. The molecule has 8 heteroatoms. The standard InChI is InChI=1S/C16H17FN4O3/c1-10-4-3-5-12(8-10)21-11(2)13(18-19-21)14(22)20-7-6-16(17,9-20)15(23)24/h3-5,8H,6-7,9H2,1-2H3,(H,23,24). The third-order valence-electron chi connectivity index (χ3n) is 4.23. The Hall–Kier alpha value is -2.77. The summed E-state index contributed by atoms with van der Waals surface area (Å²) in [5.74, 6) is -2.05. The van der Waals surface area contributed by atoms with Crippen LogP contribution in [0.2, 0.25) is 0 Å². The van der Waals surface area contributed by atoms with Crippen molar-refractivity contribution < 1.29 is 19.1 Å². The summed E-state index contributed by atoms with van der Waals surface area (Å²) >= 11 is 0. The first-order valence-electron chi connectivity index (χ1n) is 7.53. The van der Waals surface area contributed by atoms with Crippen LogP contribution in [0.25, 0.3) is 5.69 Å². The van der Waals surface area contributed by atoms with Crippen LogP contribution in [-0.4, -0.2) is 55.6 Å². The zero-order valence-electron chi connectivity index (χ0n) is 13.4. The molecule has 126 valence electrons. The van der Waals surface area contributed by atoms with Gasteiger partial charge in [0.2, 0.25) is 5.67 Å². The van der Waals surface area contributed by atoms with E-state index in [-0.39, 0.29) is 18.7 Å². The first-order chi connectivity index (χ1) is 11.3. The van der Waals surface area contributed by atoms with E-state index >= 15 is 0 Å². The number of aliphatic carboxylic acids is 1. The summed E-state index contributed by atoms with van der Waals surface area (Å²) in [5, 5.41) is 16.8. The molecule has 7 nitrogen and oxygen atoms in total. The highest BCUT2D eigenvalue weighted by atomic mass is 19.1. The molecule has 2 aromatic rings. The molecule has 0 radical (unpaired) electrons. The average Bonchev–Trinajstić information content (AvgIpc) is 3.11. The van der Waals surface area contributed by atoms with Gasteiger partial charge in [-0.05, 0) is 31.5 Å². The largest absolute Gasteiger partial charge is 0.479 e. The number of hydrogen-bond donors (Lipinski definition) is 1. The minimum atomic E-state index is -2.39. The van der Waals surface area contributed by atoms with E-state index in [0.29, 0.717) is 5.69 Å². The van der Waals surface area contributed by atoms with Crippen molar-refractivity contribution in [3.05, 3.63) is 41.2 Å². The zero-order valence-corrected chi connectivity index (χ0v) is 13.4. The fourth-order valence-corrected chi connectivity index (χ4v) is 2.80. The second-order valence-electron chi connectivity index (χ2n) is 6.02. The van der Waals surface area contributed by atoms with E-state index in [9.17, 15) is 14.0 Å². The lowest BCUT2D eigenvalue weighted by molar-refractivity contribution is -0.149. The highest BCUT2D eigenvalue weighted by Crippen LogP contribution is 2.27. The smallest absolute Gasteiger partial charge is 0.343 e. The van der Waals surface area contributed by atoms with Gasteiger partial charge in [0, 0.05) is 13.0 Å². The van der Waals surface area contributed by atoms with Crippen molar-refractivity contribution in [2.45, 2.75) is 25.9 Å². The molecule has 1 fully saturated rings. The molecule has 1 saturated heterocycles. The van der Waals surface area contributed by atoms with E-state index in [0.717, 1.165) is 11.3 Å². The van der Waals surface area contributed by atoms with Gasteiger partial charge in [-0.25, -0.2) is 13.9 Å². The lowest BCUT2D eigenvalue weighted by Gasteiger charge is -2.16.